The fraction of sp³-hybridized carbons (Fsp3) is 0.900. The van der Waals surface area contributed by atoms with Gasteiger partial charge in [-0.2, -0.15) is 0 Å². The molecule has 0 amide bonds. The SMILES string of the molecule is CC1[CH]CC(C)C(C)C1C. The summed E-state index contributed by atoms with van der Waals surface area (Å²) < 4.78 is 0. The van der Waals surface area contributed by atoms with Crippen LogP contribution in [-0.4, -0.2) is 0 Å². The van der Waals surface area contributed by atoms with Gasteiger partial charge < -0.3 is 0 Å². The van der Waals surface area contributed by atoms with Crippen molar-refractivity contribution in [1.82, 2.24) is 0 Å². The number of rotatable bonds is 0. The van der Waals surface area contributed by atoms with Gasteiger partial charge in [0.2, 0.25) is 0 Å². The highest BCUT2D eigenvalue weighted by Crippen LogP contribution is 2.36. The summed E-state index contributed by atoms with van der Waals surface area (Å²) in [5.74, 6) is 3.56. The summed E-state index contributed by atoms with van der Waals surface area (Å²) in [6, 6.07) is 0. The van der Waals surface area contributed by atoms with Crippen LogP contribution in [0.25, 0.3) is 0 Å². The Kier molecular flexibility index (Phi) is 2.38. The van der Waals surface area contributed by atoms with Crippen molar-refractivity contribution in [2.24, 2.45) is 23.7 Å². The molecule has 4 unspecified atom stereocenters. The van der Waals surface area contributed by atoms with E-state index in [-0.39, 0.29) is 0 Å². The van der Waals surface area contributed by atoms with Gasteiger partial charge in [0, 0.05) is 0 Å². The van der Waals surface area contributed by atoms with Crippen LogP contribution in [0, 0.1) is 30.1 Å². The summed E-state index contributed by atoms with van der Waals surface area (Å²) in [4.78, 5) is 0. The van der Waals surface area contributed by atoms with Gasteiger partial charge in [-0.3, -0.25) is 0 Å². The zero-order valence-corrected chi connectivity index (χ0v) is 7.59. The zero-order valence-electron chi connectivity index (χ0n) is 7.59. The molecule has 1 fully saturated rings. The van der Waals surface area contributed by atoms with Crippen molar-refractivity contribution in [1.29, 1.82) is 0 Å². The summed E-state index contributed by atoms with van der Waals surface area (Å²) in [6.45, 7) is 9.47. The summed E-state index contributed by atoms with van der Waals surface area (Å²) in [5.41, 5.74) is 0. The first-order chi connectivity index (χ1) is 4.63. The third kappa shape index (κ3) is 1.36. The van der Waals surface area contributed by atoms with E-state index in [4.69, 9.17) is 0 Å². The first-order valence-electron chi connectivity index (χ1n) is 4.46. The molecule has 0 nitrogen and oxygen atoms in total. The maximum absolute atomic E-state index is 2.48. The molecule has 0 aromatic carbocycles. The summed E-state index contributed by atoms with van der Waals surface area (Å²) in [6.07, 6.45) is 3.81. The molecule has 4 atom stereocenters. The highest BCUT2D eigenvalue weighted by molar-refractivity contribution is 4.89. The van der Waals surface area contributed by atoms with Gasteiger partial charge in [0.15, 0.2) is 0 Å². The van der Waals surface area contributed by atoms with E-state index < -0.39 is 0 Å². The Balaban J connectivity index is 2.52. The first-order valence-corrected chi connectivity index (χ1v) is 4.46. The Bertz CT molecular complexity index is 92.6. The zero-order chi connectivity index (χ0) is 7.72. The quantitative estimate of drug-likeness (QED) is 0.483. The van der Waals surface area contributed by atoms with Crippen LogP contribution in [0.3, 0.4) is 0 Å². The molecule has 0 heteroatoms. The molecular formula is C10H19. The van der Waals surface area contributed by atoms with E-state index in [1.165, 1.54) is 6.42 Å². The molecule has 0 aromatic heterocycles. The van der Waals surface area contributed by atoms with Crippen molar-refractivity contribution in [2.45, 2.75) is 34.1 Å². The molecule has 1 aliphatic carbocycles. The molecule has 1 rings (SSSR count). The van der Waals surface area contributed by atoms with Gasteiger partial charge in [0.05, 0.1) is 0 Å². The lowest BCUT2D eigenvalue weighted by Gasteiger charge is -2.36. The molecule has 10 heavy (non-hydrogen) atoms. The molecule has 0 bridgehead atoms. The second-order valence-corrected chi connectivity index (χ2v) is 4.03. The highest BCUT2D eigenvalue weighted by Gasteiger charge is 2.28. The van der Waals surface area contributed by atoms with Gasteiger partial charge in [0.1, 0.15) is 0 Å². The van der Waals surface area contributed by atoms with Gasteiger partial charge in [-0.25, -0.2) is 0 Å². The molecule has 59 valence electrons. The van der Waals surface area contributed by atoms with Gasteiger partial charge in [0.25, 0.3) is 0 Å². The van der Waals surface area contributed by atoms with Crippen molar-refractivity contribution in [3.05, 3.63) is 6.42 Å². The average Bonchev–Trinajstić information content (AvgIpc) is 1.93. The summed E-state index contributed by atoms with van der Waals surface area (Å²) in [7, 11) is 0. The Morgan fingerprint density at radius 2 is 1.60 bits per heavy atom. The van der Waals surface area contributed by atoms with Crippen LogP contribution < -0.4 is 0 Å². The minimum Gasteiger partial charge on any atom is -0.0622 e. The topological polar surface area (TPSA) is 0 Å². The molecule has 1 radical (unpaired) electrons. The third-order valence-electron chi connectivity index (χ3n) is 3.44. The lowest BCUT2D eigenvalue weighted by atomic mass is 9.69. The highest BCUT2D eigenvalue weighted by atomic mass is 14.3. The minimum atomic E-state index is 0.839. The van der Waals surface area contributed by atoms with Crippen molar-refractivity contribution < 1.29 is 0 Å². The summed E-state index contributed by atoms with van der Waals surface area (Å²) in [5, 5.41) is 0. The fourth-order valence-electron chi connectivity index (χ4n) is 1.86. The van der Waals surface area contributed by atoms with Crippen LogP contribution in [-0.2, 0) is 0 Å². The van der Waals surface area contributed by atoms with E-state index in [2.05, 4.69) is 34.1 Å². The Hall–Kier alpha value is 0. The van der Waals surface area contributed by atoms with E-state index in [0.29, 0.717) is 0 Å². The number of hydrogen-bond acceptors (Lipinski definition) is 0. The maximum atomic E-state index is 2.48. The molecule has 1 aliphatic rings. The van der Waals surface area contributed by atoms with Crippen LogP contribution in [0.5, 0.6) is 0 Å². The lowest BCUT2D eigenvalue weighted by molar-refractivity contribution is 0.181. The molecule has 0 saturated heterocycles. The predicted molar refractivity (Wildman–Crippen MR) is 45.6 cm³/mol. The normalized spacial score (nSPS) is 49.2. The largest absolute Gasteiger partial charge is 0.0622 e. The van der Waals surface area contributed by atoms with E-state index in [9.17, 15) is 0 Å². The van der Waals surface area contributed by atoms with Gasteiger partial charge >= 0.3 is 0 Å². The van der Waals surface area contributed by atoms with Gasteiger partial charge in [-0.15, -0.1) is 0 Å². The third-order valence-corrected chi connectivity index (χ3v) is 3.44. The van der Waals surface area contributed by atoms with Crippen molar-refractivity contribution in [2.75, 3.05) is 0 Å². The average molecular weight is 139 g/mol. The van der Waals surface area contributed by atoms with Crippen LogP contribution in [0.1, 0.15) is 34.1 Å². The summed E-state index contributed by atoms with van der Waals surface area (Å²) >= 11 is 0. The van der Waals surface area contributed by atoms with Crippen LogP contribution in [0.15, 0.2) is 0 Å². The molecule has 0 aromatic rings. The van der Waals surface area contributed by atoms with E-state index in [1.54, 1.807) is 0 Å². The van der Waals surface area contributed by atoms with Crippen LogP contribution in [0.4, 0.5) is 0 Å². The first kappa shape index (κ1) is 8.10. The molecular weight excluding hydrogens is 120 g/mol. The minimum absolute atomic E-state index is 0.839. The van der Waals surface area contributed by atoms with E-state index >= 15 is 0 Å². The van der Waals surface area contributed by atoms with Crippen molar-refractivity contribution in [3.63, 3.8) is 0 Å². The standard InChI is InChI=1S/C10H19/c1-7-5-6-8(2)10(4)9(7)3/h5,7-10H,6H2,1-4H3. The van der Waals surface area contributed by atoms with Crippen molar-refractivity contribution in [3.8, 4) is 0 Å². The van der Waals surface area contributed by atoms with Gasteiger partial charge in [-0.1, -0.05) is 27.7 Å². The van der Waals surface area contributed by atoms with Crippen LogP contribution >= 0.6 is 0 Å². The van der Waals surface area contributed by atoms with Crippen molar-refractivity contribution >= 4 is 0 Å². The Labute approximate surface area is 65.0 Å². The second kappa shape index (κ2) is 2.94. The predicted octanol–water partition coefficient (Wildman–Crippen LogP) is 3.14. The molecule has 0 aliphatic heterocycles. The molecule has 1 saturated carbocycles. The van der Waals surface area contributed by atoms with Gasteiger partial charge in [-0.05, 0) is 36.5 Å². The van der Waals surface area contributed by atoms with Crippen LogP contribution in [0.2, 0.25) is 0 Å². The second-order valence-electron chi connectivity index (χ2n) is 4.03. The monoisotopic (exact) mass is 139 g/mol. The Morgan fingerprint density at radius 1 is 1.00 bits per heavy atom. The molecule has 0 spiro atoms. The maximum Gasteiger partial charge on any atom is -0.0352 e. The van der Waals surface area contributed by atoms with E-state index in [0.717, 1.165) is 23.7 Å². The lowest BCUT2D eigenvalue weighted by Crippen LogP contribution is -2.28. The molecule has 0 heterocycles. The Morgan fingerprint density at radius 3 is 2.10 bits per heavy atom. The smallest absolute Gasteiger partial charge is 0.0352 e. The number of hydrogen-bond donors (Lipinski definition) is 0. The van der Waals surface area contributed by atoms with E-state index in [1.807, 2.05) is 0 Å². The fourth-order valence-corrected chi connectivity index (χ4v) is 1.86. The molecule has 0 N–H and O–H groups in total.